The number of fused-ring (bicyclic) bond motifs is 1. The van der Waals surface area contributed by atoms with Crippen LogP contribution in [0.15, 0.2) is 48.5 Å². The first-order chi connectivity index (χ1) is 8.74. The van der Waals surface area contributed by atoms with E-state index in [1.807, 2.05) is 24.3 Å². The van der Waals surface area contributed by atoms with E-state index in [0.29, 0.717) is 5.92 Å². The molecule has 1 aliphatic rings. The highest BCUT2D eigenvalue weighted by Crippen LogP contribution is 2.51. The smallest absolute Gasteiger partial charge is 0.326 e. The summed E-state index contributed by atoms with van der Waals surface area (Å²) in [6, 6.07) is 16.3. The van der Waals surface area contributed by atoms with Gasteiger partial charge < -0.3 is 9.05 Å². The maximum atomic E-state index is 5.84. The van der Waals surface area contributed by atoms with Crippen LogP contribution in [-0.4, -0.2) is 0 Å². The average molecular weight is 258 g/mol. The molecule has 0 bridgehead atoms. The Labute approximate surface area is 108 Å². The van der Waals surface area contributed by atoms with E-state index in [2.05, 4.69) is 38.1 Å². The molecule has 0 unspecified atom stereocenters. The summed E-state index contributed by atoms with van der Waals surface area (Å²) in [6.07, 6.45) is 0. The van der Waals surface area contributed by atoms with Gasteiger partial charge in [-0.1, -0.05) is 38.1 Å². The first-order valence-corrected chi connectivity index (χ1v) is 7.27. The standard InChI is InChI=1S/C15H15O2P/c1-11(2)12-7-9-13(10-8-12)18-16-14-5-3-4-6-15(14)17-18/h3-11H,1-2H3. The number of rotatable bonds is 2. The van der Waals surface area contributed by atoms with Gasteiger partial charge >= 0.3 is 8.38 Å². The van der Waals surface area contributed by atoms with Crippen molar-refractivity contribution in [1.29, 1.82) is 0 Å². The highest BCUT2D eigenvalue weighted by molar-refractivity contribution is 7.57. The third-order valence-corrected chi connectivity index (χ3v) is 4.43. The van der Waals surface area contributed by atoms with Crippen molar-refractivity contribution in [3.8, 4) is 11.5 Å². The minimum atomic E-state index is -0.999. The Hall–Kier alpha value is -1.53. The summed E-state index contributed by atoms with van der Waals surface area (Å²) >= 11 is 0. The topological polar surface area (TPSA) is 18.5 Å². The van der Waals surface area contributed by atoms with Crippen LogP contribution in [0, 0.1) is 0 Å². The third kappa shape index (κ3) is 2.09. The molecular weight excluding hydrogens is 243 g/mol. The van der Waals surface area contributed by atoms with Crippen LogP contribution in [0.4, 0.5) is 0 Å². The molecule has 0 atom stereocenters. The zero-order valence-electron chi connectivity index (χ0n) is 10.5. The van der Waals surface area contributed by atoms with Gasteiger partial charge in [-0.3, -0.25) is 0 Å². The van der Waals surface area contributed by atoms with Crippen LogP contribution >= 0.6 is 8.38 Å². The molecule has 92 valence electrons. The summed E-state index contributed by atoms with van der Waals surface area (Å²) in [5, 5.41) is 1.12. The van der Waals surface area contributed by atoms with Crippen LogP contribution in [0.5, 0.6) is 11.5 Å². The van der Waals surface area contributed by atoms with E-state index in [4.69, 9.17) is 9.05 Å². The quantitative estimate of drug-likeness (QED) is 0.751. The number of hydrogen-bond acceptors (Lipinski definition) is 2. The molecule has 0 radical (unpaired) electrons. The van der Waals surface area contributed by atoms with Crippen molar-refractivity contribution in [3.63, 3.8) is 0 Å². The molecule has 18 heavy (non-hydrogen) atoms. The summed E-state index contributed by atoms with van der Waals surface area (Å²) in [5.41, 5.74) is 1.34. The normalized spacial score (nSPS) is 14.2. The SMILES string of the molecule is CC(C)c1ccc(P2Oc3ccccc3O2)cc1. The van der Waals surface area contributed by atoms with Crippen molar-refractivity contribution in [2.75, 3.05) is 0 Å². The van der Waals surface area contributed by atoms with Crippen LogP contribution in [-0.2, 0) is 0 Å². The van der Waals surface area contributed by atoms with Gasteiger partial charge in [0.05, 0.1) is 5.30 Å². The third-order valence-electron chi connectivity index (χ3n) is 2.98. The molecule has 3 heteroatoms. The molecule has 3 rings (SSSR count). The first-order valence-electron chi connectivity index (χ1n) is 6.09. The van der Waals surface area contributed by atoms with Gasteiger partial charge in [-0.25, -0.2) is 0 Å². The Balaban J connectivity index is 1.82. The van der Waals surface area contributed by atoms with Crippen molar-refractivity contribution in [2.24, 2.45) is 0 Å². The highest BCUT2D eigenvalue weighted by atomic mass is 31.2. The molecule has 0 N–H and O–H groups in total. The lowest BCUT2D eigenvalue weighted by Crippen LogP contribution is -2.05. The Morgan fingerprint density at radius 2 is 1.39 bits per heavy atom. The summed E-state index contributed by atoms with van der Waals surface area (Å²) in [6.45, 7) is 4.39. The molecule has 0 aliphatic carbocycles. The minimum Gasteiger partial charge on any atom is -0.431 e. The van der Waals surface area contributed by atoms with Crippen molar-refractivity contribution < 1.29 is 9.05 Å². The largest absolute Gasteiger partial charge is 0.431 e. The van der Waals surface area contributed by atoms with Crippen molar-refractivity contribution in [3.05, 3.63) is 54.1 Å². The van der Waals surface area contributed by atoms with Gasteiger partial charge in [0.15, 0.2) is 11.5 Å². The number of para-hydroxylation sites is 2. The fourth-order valence-corrected chi connectivity index (χ4v) is 3.18. The lowest BCUT2D eigenvalue weighted by Gasteiger charge is -2.10. The maximum absolute atomic E-state index is 5.84. The molecule has 0 fully saturated rings. The molecule has 1 aliphatic heterocycles. The summed E-state index contributed by atoms with van der Waals surface area (Å²) in [7, 11) is -0.999. The Morgan fingerprint density at radius 1 is 0.833 bits per heavy atom. The molecular formula is C15H15O2P. The maximum Gasteiger partial charge on any atom is 0.326 e. The zero-order chi connectivity index (χ0) is 12.5. The van der Waals surface area contributed by atoms with Crippen molar-refractivity contribution >= 4 is 13.7 Å². The molecule has 2 nitrogen and oxygen atoms in total. The van der Waals surface area contributed by atoms with Gasteiger partial charge in [0, 0.05) is 0 Å². The van der Waals surface area contributed by atoms with Gasteiger partial charge in [-0.15, -0.1) is 0 Å². The lowest BCUT2D eigenvalue weighted by molar-refractivity contribution is 0.587. The Bertz CT molecular complexity index is 524. The van der Waals surface area contributed by atoms with E-state index >= 15 is 0 Å². The summed E-state index contributed by atoms with van der Waals surface area (Å²) < 4.78 is 11.7. The second kappa shape index (κ2) is 4.62. The van der Waals surface area contributed by atoms with E-state index in [9.17, 15) is 0 Å². The molecule has 2 aromatic rings. The van der Waals surface area contributed by atoms with Gasteiger partial charge in [0.1, 0.15) is 0 Å². The predicted octanol–water partition coefficient (Wildman–Crippen LogP) is 4.22. The molecule has 0 saturated heterocycles. The van der Waals surface area contributed by atoms with E-state index in [0.717, 1.165) is 16.8 Å². The van der Waals surface area contributed by atoms with Crippen LogP contribution in [0.3, 0.4) is 0 Å². The van der Waals surface area contributed by atoms with Gasteiger partial charge in [-0.2, -0.15) is 0 Å². The zero-order valence-corrected chi connectivity index (χ0v) is 11.4. The van der Waals surface area contributed by atoms with Gasteiger partial charge in [-0.05, 0) is 35.7 Å². The predicted molar refractivity (Wildman–Crippen MR) is 74.8 cm³/mol. The Kier molecular flexibility index (Phi) is 2.97. The molecule has 0 saturated carbocycles. The van der Waals surface area contributed by atoms with E-state index in [-0.39, 0.29) is 0 Å². The minimum absolute atomic E-state index is 0.550. The number of benzene rings is 2. The van der Waals surface area contributed by atoms with Crippen molar-refractivity contribution in [2.45, 2.75) is 19.8 Å². The molecule has 0 spiro atoms. The fraction of sp³-hybridized carbons (Fsp3) is 0.200. The van der Waals surface area contributed by atoms with Gasteiger partial charge in [0.2, 0.25) is 0 Å². The van der Waals surface area contributed by atoms with Crippen LogP contribution in [0.1, 0.15) is 25.3 Å². The molecule has 0 amide bonds. The van der Waals surface area contributed by atoms with E-state index < -0.39 is 8.38 Å². The summed E-state index contributed by atoms with van der Waals surface area (Å²) in [4.78, 5) is 0. The van der Waals surface area contributed by atoms with Crippen molar-refractivity contribution in [1.82, 2.24) is 0 Å². The van der Waals surface area contributed by atoms with Crippen LogP contribution in [0.2, 0.25) is 0 Å². The average Bonchev–Trinajstić information content (AvgIpc) is 2.82. The number of hydrogen-bond donors (Lipinski definition) is 0. The second-order valence-corrected chi connectivity index (χ2v) is 6.03. The second-order valence-electron chi connectivity index (χ2n) is 4.63. The monoisotopic (exact) mass is 258 g/mol. The summed E-state index contributed by atoms with van der Waals surface area (Å²) in [5.74, 6) is 2.24. The van der Waals surface area contributed by atoms with E-state index in [1.165, 1.54) is 5.56 Å². The first kappa shape index (κ1) is 11.6. The van der Waals surface area contributed by atoms with E-state index in [1.54, 1.807) is 0 Å². The van der Waals surface area contributed by atoms with Crippen LogP contribution < -0.4 is 14.4 Å². The molecule has 0 aromatic heterocycles. The fourth-order valence-electron chi connectivity index (χ4n) is 1.88. The Morgan fingerprint density at radius 3 is 1.89 bits per heavy atom. The van der Waals surface area contributed by atoms with Gasteiger partial charge in [0.25, 0.3) is 0 Å². The lowest BCUT2D eigenvalue weighted by atomic mass is 10.0. The highest BCUT2D eigenvalue weighted by Gasteiger charge is 2.27. The van der Waals surface area contributed by atoms with Crippen LogP contribution in [0.25, 0.3) is 0 Å². The molecule has 2 aromatic carbocycles. The molecule has 1 heterocycles.